The van der Waals surface area contributed by atoms with Gasteiger partial charge >= 0.3 is 5.97 Å². The van der Waals surface area contributed by atoms with Gasteiger partial charge in [-0.05, 0) is 44.2 Å². The summed E-state index contributed by atoms with van der Waals surface area (Å²) in [6.07, 6.45) is 1.37. The Balaban J connectivity index is 1.82. The Labute approximate surface area is 168 Å². The SMILES string of the molecule is CCOC(=O)c1cccc(Nc2ncnc(Nc3cccc(C(C)=O)c3)c2N)c1. The van der Waals surface area contributed by atoms with Crippen molar-refractivity contribution in [2.75, 3.05) is 23.0 Å². The number of aromatic nitrogens is 2. The predicted molar refractivity (Wildman–Crippen MR) is 112 cm³/mol. The molecule has 29 heavy (non-hydrogen) atoms. The van der Waals surface area contributed by atoms with Crippen LogP contribution in [0.5, 0.6) is 0 Å². The predicted octanol–water partition coefficient (Wildman–Crippen LogP) is 3.93. The Morgan fingerprint density at radius 1 is 0.966 bits per heavy atom. The van der Waals surface area contributed by atoms with Gasteiger partial charge in [-0.15, -0.1) is 0 Å². The molecule has 0 aliphatic rings. The number of ketones is 1. The molecular weight excluding hydrogens is 370 g/mol. The lowest BCUT2D eigenvalue weighted by atomic mass is 10.1. The molecule has 0 radical (unpaired) electrons. The zero-order chi connectivity index (χ0) is 20.8. The van der Waals surface area contributed by atoms with E-state index in [1.165, 1.54) is 13.3 Å². The van der Waals surface area contributed by atoms with Crippen molar-refractivity contribution in [2.45, 2.75) is 13.8 Å². The first kappa shape index (κ1) is 19.8. The van der Waals surface area contributed by atoms with Gasteiger partial charge in [-0.2, -0.15) is 0 Å². The number of carbonyl (C=O) groups is 2. The first-order valence-electron chi connectivity index (χ1n) is 9.00. The Kier molecular flexibility index (Phi) is 6.03. The van der Waals surface area contributed by atoms with Crippen LogP contribution in [0.2, 0.25) is 0 Å². The summed E-state index contributed by atoms with van der Waals surface area (Å²) in [5.74, 6) is 0.337. The minimum atomic E-state index is -0.403. The van der Waals surface area contributed by atoms with Gasteiger partial charge in [0.1, 0.15) is 12.0 Å². The minimum absolute atomic E-state index is 0.0341. The molecule has 0 fully saturated rings. The normalized spacial score (nSPS) is 10.3. The quantitative estimate of drug-likeness (QED) is 0.409. The van der Waals surface area contributed by atoms with Crippen LogP contribution in [-0.2, 0) is 4.74 Å². The molecule has 8 nitrogen and oxygen atoms in total. The summed E-state index contributed by atoms with van der Waals surface area (Å²) in [5.41, 5.74) is 8.82. The van der Waals surface area contributed by atoms with Gasteiger partial charge < -0.3 is 21.1 Å². The van der Waals surface area contributed by atoms with Crippen molar-refractivity contribution in [1.29, 1.82) is 0 Å². The molecule has 148 valence electrons. The number of rotatable bonds is 7. The molecular formula is C21H21N5O3. The molecule has 8 heteroatoms. The van der Waals surface area contributed by atoms with Crippen molar-refractivity contribution in [3.8, 4) is 0 Å². The van der Waals surface area contributed by atoms with Gasteiger partial charge in [0.25, 0.3) is 0 Å². The number of Topliss-reactive ketones (excluding diaryl/α,β-unsaturated/α-hetero) is 1. The van der Waals surface area contributed by atoms with Crippen LogP contribution in [-0.4, -0.2) is 28.3 Å². The van der Waals surface area contributed by atoms with E-state index < -0.39 is 5.97 Å². The number of nitrogens with two attached hydrogens (primary N) is 1. The number of hydrogen-bond acceptors (Lipinski definition) is 8. The second-order valence-electron chi connectivity index (χ2n) is 6.17. The molecule has 0 aliphatic carbocycles. The Morgan fingerprint density at radius 2 is 1.52 bits per heavy atom. The number of nitrogens with one attached hydrogen (secondary N) is 2. The molecule has 3 aromatic rings. The summed E-state index contributed by atoms with van der Waals surface area (Å²) in [6.45, 7) is 3.56. The monoisotopic (exact) mass is 391 g/mol. The van der Waals surface area contributed by atoms with Gasteiger partial charge in [-0.1, -0.05) is 18.2 Å². The average Bonchev–Trinajstić information content (AvgIpc) is 2.71. The second-order valence-corrected chi connectivity index (χ2v) is 6.17. The molecule has 1 heterocycles. The van der Waals surface area contributed by atoms with E-state index in [0.717, 1.165) is 0 Å². The number of carbonyl (C=O) groups excluding carboxylic acids is 2. The third kappa shape index (κ3) is 4.86. The lowest BCUT2D eigenvalue weighted by Crippen LogP contribution is -2.07. The van der Waals surface area contributed by atoms with Gasteiger partial charge in [0.05, 0.1) is 12.2 Å². The molecule has 0 unspecified atom stereocenters. The lowest BCUT2D eigenvalue weighted by molar-refractivity contribution is 0.0526. The van der Waals surface area contributed by atoms with E-state index in [-0.39, 0.29) is 5.78 Å². The third-order valence-corrected chi connectivity index (χ3v) is 4.05. The standard InChI is InChI=1S/C21H21N5O3/c1-3-29-21(28)15-7-5-9-17(11-15)26-20-18(22)19(23-12-24-20)25-16-8-4-6-14(10-16)13(2)27/h4-12H,3,22H2,1-2H3,(H2,23,24,25,26). The fourth-order valence-corrected chi connectivity index (χ4v) is 2.62. The summed E-state index contributed by atoms with van der Waals surface area (Å²) >= 11 is 0. The fourth-order valence-electron chi connectivity index (χ4n) is 2.62. The number of anilines is 5. The van der Waals surface area contributed by atoms with E-state index in [0.29, 0.717) is 46.4 Å². The molecule has 4 N–H and O–H groups in total. The van der Waals surface area contributed by atoms with Crippen LogP contribution in [0.15, 0.2) is 54.9 Å². The van der Waals surface area contributed by atoms with Crippen LogP contribution in [0.3, 0.4) is 0 Å². The van der Waals surface area contributed by atoms with Crippen molar-refractivity contribution in [3.63, 3.8) is 0 Å². The molecule has 3 rings (SSSR count). The first-order chi connectivity index (χ1) is 14.0. The highest BCUT2D eigenvalue weighted by Crippen LogP contribution is 2.28. The maximum Gasteiger partial charge on any atom is 0.338 e. The number of benzene rings is 2. The van der Waals surface area contributed by atoms with E-state index in [1.54, 1.807) is 49.4 Å². The summed E-state index contributed by atoms with van der Waals surface area (Å²) in [7, 11) is 0. The van der Waals surface area contributed by atoms with Crippen molar-refractivity contribution >= 4 is 40.5 Å². The van der Waals surface area contributed by atoms with E-state index >= 15 is 0 Å². The molecule has 2 aromatic carbocycles. The first-order valence-corrected chi connectivity index (χ1v) is 9.00. The van der Waals surface area contributed by atoms with E-state index in [4.69, 9.17) is 10.5 Å². The van der Waals surface area contributed by atoms with E-state index in [1.807, 2.05) is 6.07 Å². The zero-order valence-electron chi connectivity index (χ0n) is 16.1. The highest BCUT2D eigenvalue weighted by Gasteiger charge is 2.11. The van der Waals surface area contributed by atoms with Crippen molar-refractivity contribution in [1.82, 2.24) is 9.97 Å². The van der Waals surface area contributed by atoms with E-state index in [9.17, 15) is 9.59 Å². The van der Waals surface area contributed by atoms with Crippen molar-refractivity contribution in [2.24, 2.45) is 0 Å². The van der Waals surface area contributed by atoms with Crippen LogP contribution >= 0.6 is 0 Å². The van der Waals surface area contributed by atoms with Gasteiger partial charge in [0.15, 0.2) is 17.4 Å². The van der Waals surface area contributed by atoms with Gasteiger partial charge in [0.2, 0.25) is 0 Å². The van der Waals surface area contributed by atoms with Crippen LogP contribution in [0.25, 0.3) is 0 Å². The number of nitrogen functional groups attached to an aromatic ring is 1. The van der Waals surface area contributed by atoms with Gasteiger partial charge in [-0.3, -0.25) is 4.79 Å². The Bertz CT molecular complexity index is 1050. The minimum Gasteiger partial charge on any atom is -0.462 e. The molecule has 0 bridgehead atoms. The molecule has 0 atom stereocenters. The third-order valence-electron chi connectivity index (χ3n) is 4.05. The number of esters is 1. The molecule has 0 saturated carbocycles. The molecule has 1 aromatic heterocycles. The van der Waals surface area contributed by atoms with Crippen LogP contribution < -0.4 is 16.4 Å². The summed E-state index contributed by atoms with van der Waals surface area (Å²) in [4.78, 5) is 31.8. The summed E-state index contributed by atoms with van der Waals surface area (Å²) in [6, 6.07) is 13.9. The van der Waals surface area contributed by atoms with Crippen LogP contribution in [0.4, 0.5) is 28.7 Å². The highest BCUT2D eigenvalue weighted by atomic mass is 16.5. The maximum atomic E-state index is 11.9. The van der Waals surface area contributed by atoms with Crippen LogP contribution in [0, 0.1) is 0 Å². The summed E-state index contributed by atoms with van der Waals surface area (Å²) in [5, 5.41) is 6.18. The second kappa shape index (κ2) is 8.83. The lowest BCUT2D eigenvalue weighted by Gasteiger charge is -2.13. The highest BCUT2D eigenvalue weighted by molar-refractivity contribution is 5.95. The van der Waals surface area contributed by atoms with Crippen LogP contribution in [0.1, 0.15) is 34.6 Å². The number of ether oxygens (including phenoxy) is 1. The largest absolute Gasteiger partial charge is 0.462 e. The van der Waals surface area contributed by atoms with Gasteiger partial charge in [0, 0.05) is 16.9 Å². The van der Waals surface area contributed by atoms with Crippen molar-refractivity contribution < 1.29 is 14.3 Å². The smallest absolute Gasteiger partial charge is 0.338 e. The number of hydrogen-bond donors (Lipinski definition) is 3. The molecule has 0 spiro atoms. The fraction of sp³-hybridized carbons (Fsp3) is 0.143. The number of nitrogens with zero attached hydrogens (tertiary/aromatic N) is 2. The topological polar surface area (TPSA) is 119 Å². The Morgan fingerprint density at radius 3 is 2.07 bits per heavy atom. The molecule has 0 aliphatic heterocycles. The molecule has 0 amide bonds. The average molecular weight is 391 g/mol. The summed E-state index contributed by atoms with van der Waals surface area (Å²) < 4.78 is 5.02. The Hall–Kier alpha value is -3.94. The van der Waals surface area contributed by atoms with E-state index in [2.05, 4.69) is 20.6 Å². The van der Waals surface area contributed by atoms with Gasteiger partial charge in [-0.25, -0.2) is 14.8 Å². The molecule has 0 saturated heterocycles. The van der Waals surface area contributed by atoms with Crippen molar-refractivity contribution in [3.05, 3.63) is 66.0 Å². The maximum absolute atomic E-state index is 11.9. The zero-order valence-corrected chi connectivity index (χ0v) is 16.1.